The summed E-state index contributed by atoms with van der Waals surface area (Å²) in [4.78, 5) is 24.3. The van der Waals surface area contributed by atoms with Crippen molar-refractivity contribution in [2.24, 2.45) is 0 Å². The van der Waals surface area contributed by atoms with Crippen molar-refractivity contribution in [2.75, 3.05) is 18.9 Å². The van der Waals surface area contributed by atoms with Gasteiger partial charge in [0.15, 0.2) is 0 Å². The molecule has 3 N–H and O–H groups in total. The Hall–Kier alpha value is -2.92. The molecule has 0 heterocycles. The topological polar surface area (TPSA) is 104 Å². The van der Waals surface area contributed by atoms with E-state index in [1.54, 1.807) is 12.2 Å². The number of amides is 2. The molecule has 0 aliphatic rings. The number of carbonyl (C=O) groups excluding carboxylic acids is 2. The molecule has 0 fully saturated rings. The summed E-state index contributed by atoms with van der Waals surface area (Å²) in [5.74, 6) is -1.51. The van der Waals surface area contributed by atoms with Crippen LogP contribution in [-0.2, 0) is 10.0 Å². The van der Waals surface area contributed by atoms with Gasteiger partial charge in [-0.15, -0.1) is 0 Å². The van der Waals surface area contributed by atoms with Gasteiger partial charge in [0.1, 0.15) is 6.54 Å². The lowest BCUT2D eigenvalue weighted by Crippen LogP contribution is -2.33. The molecule has 7 nitrogen and oxygen atoms in total. The van der Waals surface area contributed by atoms with E-state index in [9.17, 15) is 31.2 Å². The maximum atomic E-state index is 12.4. The molecule has 0 unspecified atom stereocenters. The van der Waals surface area contributed by atoms with Gasteiger partial charge in [0.2, 0.25) is 10.0 Å². The Labute approximate surface area is 165 Å². The number of rotatable bonds is 6. The summed E-state index contributed by atoms with van der Waals surface area (Å²) >= 11 is 0. The molecule has 2 aromatic carbocycles. The Morgan fingerprint density at radius 3 is 2.10 bits per heavy atom. The van der Waals surface area contributed by atoms with E-state index in [0.29, 0.717) is 5.56 Å². The zero-order valence-corrected chi connectivity index (χ0v) is 16.2. The number of alkyl halides is 3. The molecule has 0 spiro atoms. The zero-order valence-electron chi connectivity index (χ0n) is 15.4. The van der Waals surface area contributed by atoms with Crippen LogP contribution in [0.5, 0.6) is 0 Å². The normalized spacial score (nSPS) is 11.8. The Bertz CT molecular complexity index is 1020. The van der Waals surface area contributed by atoms with Crippen LogP contribution in [0.2, 0.25) is 0 Å². The molecule has 2 aromatic rings. The lowest BCUT2D eigenvalue weighted by Gasteiger charge is -2.12. The quantitative estimate of drug-likeness (QED) is 0.656. The number of anilines is 1. The van der Waals surface area contributed by atoms with Crippen molar-refractivity contribution in [3.63, 3.8) is 0 Å². The van der Waals surface area contributed by atoms with Crippen LogP contribution in [0.4, 0.5) is 18.9 Å². The second-order valence-electron chi connectivity index (χ2n) is 6.01. The third-order valence-corrected chi connectivity index (χ3v) is 5.32. The van der Waals surface area contributed by atoms with E-state index >= 15 is 0 Å². The van der Waals surface area contributed by atoms with Gasteiger partial charge in [0.25, 0.3) is 11.8 Å². The number of aryl methyl sites for hydroxylation is 1. The highest BCUT2D eigenvalue weighted by Crippen LogP contribution is 2.19. The average Bonchev–Trinajstić information content (AvgIpc) is 2.67. The van der Waals surface area contributed by atoms with E-state index in [-0.39, 0.29) is 21.7 Å². The number of sulfonamides is 1. The smallest absolute Gasteiger partial charge is 0.343 e. The van der Waals surface area contributed by atoms with Gasteiger partial charge in [0.05, 0.1) is 4.90 Å². The van der Waals surface area contributed by atoms with Crippen LogP contribution in [0, 0.1) is 6.92 Å². The fourth-order valence-electron chi connectivity index (χ4n) is 2.28. The molecular formula is C18H18F3N3O4S. The van der Waals surface area contributed by atoms with Crippen molar-refractivity contribution in [2.45, 2.75) is 18.0 Å². The molecule has 0 saturated heterocycles. The van der Waals surface area contributed by atoms with Gasteiger partial charge in [-0.05, 0) is 55.9 Å². The molecule has 0 aromatic heterocycles. The molecular weight excluding hydrogens is 411 g/mol. The Balaban J connectivity index is 2.17. The highest BCUT2D eigenvalue weighted by Gasteiger charge is 2.28. The minimum absolute atomic E-state index is 0.0175. The second-order valence-corrected chi connectivity index (χ2v) is 7.90. The molecule has 2 amide bonds. The maximum absolute atomic E-state index is 12.4. The fourth-order valence-corrected chi connectivity index (χ4v) is 3.01. The van der Waals surface area contributed by atoms with Gasteiger partial charge in [-0.2, -0.15) is 13.2 Å². The molecule has 0 atom stereocenters. The molecule has 0 aliphatic carbocycles. The number of hydrogen-bond acceptors (Lipinski definition) is 4. The molecule has 0 radical (unpaired) electrons. The third-order valence-electron chi connectivity index (χ3n) is 3.89. The second kappa shape index (κ2) is 8.62. The molecule has 156 valence electrons. The van der Waals surface area contributed by atoms with Crippen LogP contribution in [0.1, 0.15) is 26.3 Å². The molecule has 11 heteroatoms. The van der Waals surface area contributed by atoms with Crippen molar-refractivity contribution in [3.8, 4) is 0 Å². The van der Waals surface area contributed by atoms with E-state index < -0.39 is 34.6 Å². The van der Waals surface area contributed by atoms with E-state index in [0.717, 1.165) is 0 Å². The van der Waals surface area contributed by atoms with Gasteiger partial charge in [0, 0.05) is 16.8 Å². The van der Waals surface area contributed by atoms with Crippen LogP contribution >= 0.6 is 0 Å². The highest BCUT2D eigenvalue weighted by atomic mass is 32.2. The van der Waals surface area contributed by atoms with Crippen molar-refractivity contribution >= 4 is 27.5 Å². The number of nitrogens with one attached hydrogen (secondary N) is 3. The molecule has 29 heavy (non-hydrogen) atoms. The van der Waals surface area contributed by atoms with Gasteiger partial charge < -0.3 is 10.6 Å². The molecule has 0 saturated carbocycles. The summed E-state index contributed by atoms with van der Waals surface area (Å²) in [5.41, 5.74) is 0.929. The van der Waals surface area contributed by atoms with Gasteiger partial charge in [-0.1, -0.05) is 6.07 Å². The lowest BCUT2D eigenvalue weighted by molar-refractivity contribution is -0.123. The first-order chi connectivity index (χ1) is 13.4. The van der Waals surface area contributed by atoms with Crippen molar-refractivity contribution in [3.05, 3.63) is 59.2 Å². The monoisotopic (exact) mass is 429 g/mol. The first-order valence-corrected chi connectivity index (χ1v) is 9.72. The summed E-state index contributed by atoms with van der Waals surface area (Å²) in [6.07, 6.45) is -4.54. The van der Waals surface area contributed by atoms with Gasteiger partial charge in [-0.25, -0.2) is 13.1 Å². The minimum atomic E-state index is -4.54. The Morgan fingerprint density at radius 1 is 0.966 bits per heavy atom. The van der Waals surface area contributed by atoms with Crippen LogP contribution in [0.15, 0.2) is 47.4 Å². The summed E-state index contributed by atoms with van der Waals surface area (Å²) < 4.78 is 62.3. The fraction of sp³-hybridized carbons (Fsp3) is 0.222. The Kier molecular flexibility index (Phi) is 6.65. The van der Waals surface area contributed by atoms with E-state index in [2.05, 4.69) is 10.0 Å². The number of halogens is 3. The standard InChI is InChI=1S/C18H18F3N3O4S/c1-11-3-4-13(16(25)23-10-18(19,20)21)9-15(11)24-17(26)12-5-7-14(8-6-12)29(27,28)22-2/h3-9,22H,10H2,1-2H3,(H,23,25)(H,24,26). The molecule has 0 aliphatic heterocycles. The van der Waals surface area contributed by atoms with E-state index in [1.165, 1.54) is 49.5 Å². The number of benzene rings is 2. The van der Waals surface area contributed by atoms with E-state index in [4.69, 9.17) is 0 Å². The zero-order chi connectivity index (χ0) is 21.8. The van der Waals surface area contributed by atoms with Gasteiger partial charge in [-0.3, -0.25) is 9.59 Å². The molecule has 2 rings (SSSR count). The lowest BCUT2D eigenvalue weighted by atomic mass is 10.1. The maximum Gasteiger partial charge on any atom is 0.405 e. The first-order valence-electron chi connectivity index (χ1n) is 8.23. The minimum Gasteiger partial charge on any atom is -0.343 e. The SMILES string of the molecule is CNS(=O)(=O)c1ccc(C(=O)Nc2cc(C(=O)NCC(F)(F)F)ccc2C)cc1. The van der Waals surface area contributed by atoms with Crippen molar-refractivity contribution in [1.82, 2.24) is 10.0 Å². The Morgan fingerprint density at radius 2 is 1.55 bits per heavy atom. The van der Waals surface area contributed by atoms with Crippen LogP contribution in [-0.4, -0.2) is 40.0 Å². The summed E-state index contributed by atoms with van der Waals surface area (Å²) in [6, 6.07) is 9.24. The third kappa shape index (κ3) is 6.03. The first kappa shape index (κ1) is 22.4. The van der Waals surface area contributed by atoms with Crippen LogP contribution in [0.25, 0.3) is 0 Å². The largest absolute Gasteiger partial charge is 0.405 e. The van der Waals surface area contributed by atoms with Crippen molar-refractivity contribution in [1.29, 1.82) is 0 Å². The molecule has 0 bridgehead atoms. The summed E-state index contributed by atoms with van der Waals surface area (Å²) in [5, 5.41) is 4.32. The van der Waals surface area contributed by atoms with E-state index in [1.807, 2.05) is 0 Å². The number of hydrogen-bond donors (Lipinski definition) is 3. The van der Waals surface area contributed by atoms with Crippen LogP contribution < -0.4 is 15.4 Å². The average molecular weight is 429 g/mol. The van der Waals surface area contributed by atoms with Crippen LogP contribution in [0.3, 0.4) is 0 Å². The summed E-state index contributed by atoms with van der Waals surface area (Å²) in [6.45, 7) is 0.179. The van der Waals surface area contributed by atoms with Gasteiger partial charge >= 0.3 is 6.18 Å². The number of carbonyl (C=O) groups is 2. The summed E-state index contributed by atoms with van der Waals surface area (Å²) in [7, 11) is -2.38. The van der Waals surface area contributed by atoms with Crippen molar-refractivity contribution < 1.29 is 31.2 Å². The predicted molar refractivity (Wildman–Crippen MR) is 100 cm³/mol. The highest BCUT2D eigenvalue weighted by molar-refractivity contribution is 7.89. The predicted octanol–water partition coefficient (Wildman–Crippen LogP) is 2.45.